The Morgan fingerprint density at radius 2 is 1.88 bits per heavy atom. The third-order valence-electron chi connectivity index (χ3n) is 8.83. The number of nitrogens with zero attached hydrogens (tertiary/aromatic N) is 5. The predicted molar refractivity (Wildman–Crippen MR) is 161 cm³/mol. The molecule has 0 aliphatic carbocycles. The molecule has 6 heterocycles. The molecule has 3 aliphatic heterocycles. The van der Waals surface area contributed by atoms with E-state index in [0.29, 0.717) is 34.9 Å². The Hall–Kier alpha value is -4.48. The molecule has 3 fully saturated rings. The first-order valence-electron chi connectivity index (χ1n) is 14.5. The number of pyridine rings is 1. The second-order valence-corrected chi connectivity index (χ2v) is 11.2. The summed E-state index contributed by atoms with van der Waals surface area (Å²) in [4.78, 5) is 24.4. The maximum atomic E-state index is 12.3. The van der Waals surface area contributed by atoms with Gasteiger partial charge in [-0.15, -0.1) is 0 Å². The maximum absolute atomic E-state index is 12.3. The lowest BCUT2D eigenvalue weighted by Crippen LogP contribution is -2.51. The van der Waals surface area contributed by atoms with E-state index in [-0.39, 0.29) is 23.6 Å². The summed E-state index contributed by atoms with van der Waals surface area (Å²) in [5, 5.41) is 25.2. The number of aliphatic hydroxyl groups excluding tert-OH is 1. The van der Waals surface area contributed by atoms with E-state index in [9.17, 15) is 9.90 Å². The second kappa shape index (κ2) is 10.7. The lowest BCUT2D eigenvalue weighted by Gasteiger charge is -2.46. The summed E-state index contributed by atoms with van der Waals surface area (Å²) in [6.07, 6.45) is 4.84. The van der Waals surface area contributed by atoms with Gasteiger partial charge < -0.3 is 25.2 Å². The van der Waals surface area contributed by atoms with Gasteiger partial charge in [-0.05, 0) is 69.6 Å². The van der Waals surface area contributed by atoms with Crippen molar-refractivity contribution in [3.63, 3.8) is 0 Å². The van der Waals surface area contributed by atoms with Crippen molar-refractivity contribution in [2.45, 2.75) is 44.2 Å². The smallest absolute Gasteiger partial charge is 0.271 e. The van der Waals surface area contributed by atoms with Crippen LogP contribution in [0.15, 0.2) is 70.1 Å². The molecule has 3 saturated heterocycles. The van der Waals surface area contributed by atoms with Gasteiger partial charge in [0.25, 0.3) is 11.4 Å². The van der Waals surface area contributed by atoms with Gasteiger partial charge in [0.1, 0.15) is 5.82 Å². The zero-order chi connectivity index (χ0) is 28.7. The number of fused-ring (bicyclic) bond motifs is 4. The number of benzene rings is 2. The number of nitrogens with one attached hydrogen (secondary N) is 3. The SMILES string of the molecule is CCn1[nH]c(=O)c2ccc(Nc3cc(N[C@H](CO)c4ccccc4)c(-c4nc(C56CCN(CC5)CC6)no4)cn3)cc21. The molecule has 0 amide bonds. The number of hydrogen-bond donors (Lipinski definition) is 4. The molecule has 0 saturated carbocycles. The Morgan fingerprint density at radius 1 is 1.10 bits per heavy atom. The van der Waals surface area contributed by atoms with Crippen LogP contribution in [-0.2, 0) is 12.0 Å². The maximum Gasteiger partial charge on any atom is 0.271 e. The number of aliphatic hydroxyl groups is 1. The van der Waals surface area contributed by atoms with Gasteiger partial charge in [0, 0.05) is 29.9 Å². The molecule has 5 aromatic rings. The van der Waals surface area contributed by atoms with Gasteiger partial charge in [0.15, 0.2) is 5.82 Å². The van der Waals surface area contributed by atoms with E-state index in [2.05, 4.69) is 30.8 Å². The summed E-state index contributed by atoms with van der Waals surface area (Å²) in [6.45, 7) is 5.72. The first-order chi connectivity index (χ1) is 20.5. The summed E-state index contributed by atoms with van der Waals surface area (Å²) in [7, 11) is 0. The number of anilines is 3. The standard InChI is InChI=1S/C31H34N8O3/c1-2-39-26-16-21(8-9-22(26)28(41)36-39)33-27-17-24(34-25(19-40)20-6-4-3-5-7-20)23(18-32-27)29-35-30(37-42-29)31-10-13-38(14-11-31)15-12-31/h3-9,16-18,25,40H,2,10-15,19H2,1H3,(H,36,41)(H2,32,33,34)/t25-/m1/s1. The Morgan fingerprint density at radius 3 is 2.62 bits per heavy atom. The van der Waals surface area contributed by atoms with Crippen LogP contribution in [0.2, 0.25) is 0 Å². The minimum absolute atomic E-state index is 0.0349. The van der Waals surface area contributed by atoms with Gasteiger partial charge in [-0.3, -0.25) is 14.6 Å². The van der Waals surface area contributed by atoms with Gasteiger partial charge in [0.05, 0.1) is 34.8 Å². The molecule has 0 radical (unpaired) electrons. The van der Waals surface area contributed by atoms with Gasteiger partial charge in [-0.25, -0.2) is 4.98 Å². The normalized spacial score (nSPS) is 20.6. The molecule has 3 aliphatic rings. The quantitative estimate of drug-likeness (QED) is 0.204. The van der Waals surface area contributed by atoms with E-state index in [1.165, 1.54) is 0 Å². The van der Waals surface area contributed by atoms with E-state index >= 15 is 0 Å². The molecule has 42 heavy (non-hydrogen) atoms. The highest BCUT2D eigenvalue weighted by atomic mass is 16.5. The molecule has 2 bridgehead atoms. The topological polar surface area (TPSA) is 137 Å². The first kappa shape index (κ1) is 26.4. The van der Waals surface area contributed by atoms with Gasteiger partial charge >= 0.3 is 0 Å². The Bertz CT molecular complexity index is 1750. The van der Waals surface area contributed by atoms with Crippen LogP contribution in [-0.4, -0.2) is 61.2 Å². The van der Waals surface area contributed by atoms with Gasteiger partial charge in [-0.2, -0.15) is 4.98 Å². The molecular formula is C31H34N8O3. The minimum atomic E-state index is -0.362. The summed E-state index contributed by atoms with van der Waals surface area (Å²) in [6, 6.07) is 16.9. The molecular weight excluding hydrogens is 532 g/mol. The zero-order valence-corrected chi connectivity index (χ0v) is 23.5. The molecule has 216 valence electrons. The van der Waals surface area contributed by atoms with Crippen molar-refractivity contribution in [3.05, 3.63) is 82.5 Å². The average molecular weight is 567 g/mol. The number of aromatic amines is 1. The summed E-state index contributed by atoms with van der Waals surface area (Å²) < 4.78 is 7.69. The fourth-order valence-electron chi connectivity index (χ4n) is 6.30. The van der Waals surface area contributed by atoms with Crippen LogP contribution in [0.25, 0.3) is 22.4 Å². The zero-order valence-electron chi connectivity index (χ0n) is 23.5. The summed E-state index contributed by atoms with van der Waals surface area (Å²) >= 11 is 0. The lowest BCUT2D eigenvalue weighted by atomic mass is 9.71. The monoisotopic (exact) mass is 566 g/mol. The van der Waals surface area contributed by atoms with Crippen LogP contribution in [0.1, 0.15) is 43.6 Å². The van der Waals surface area contributed by atoms with Crippen LogP contribution in [0.5, 0.6) is 0 Å². The summed E-state index contributed by atoms with van der Waals surface area (Å²) in [5.74, 6) is 1.76. The highest BCUT2D eigenvalue weighted by molar-refractivity contribution is 5.84. The van der Waals surface area contributed by atoms with Crippen molar-refractivity contribution in [1.29, 1.82) is 0 Å². The third kappa shape index (κ3) is 4.74. The number of aryl methyl sites for hydroxylation is 1. The average Bonchev–Trinajstić information content (AvgIpc) is 3.66. The Kier molecular flexibility index (Phi) is 6.75. The van der Waals surface area contributed by atoms with Crippen LogP contribution in [0.3, 0.4) is 0 Å². The van der Waals surface area contributed by atoms with E-state index in [0.717, 1.165) is 61.5 Å². The van der Waals surface area contributed by atoms with Crippen LogP contribution < -0.4 is 16.2 Å². The number of rotatable bonds is 9. The largest absolute Gasteiger partial charge is 0.394 e. The molecule has 11 nitrogen and oxygen atoms in total. The molecule has 3 aromatic heterocycles. The highest BCUT2D eigenvalue weighted by Crippen LogP contribution is 2.42. The van der Waals surface area contributed by atoms with E-state index in [1.807, 2.05) is 66.2 Å². The number of aromatic nitrogens is 5. The number of hydrogen-bond acceptors (Lipinski definition) is 9. The fourth-order valence-corrected chi connectivity index (χ4v) is 6.30. The van der Waals surface area contributed by atoms with Gasteiger partial charge in [0.2, 0.25) is 0 Å². The second-order valence-electron chi connectivity index (χ2n) is 11.2. The van der Waals surface area contributed by atoms with Crippen molar-refractivity contribution >= 4 is 28.1 Å². The van der Waals surface area contributed by atoms with E-state index < -0.39 is 0 Å². The fraction of sp³-hybridized carbons (Fsp3) is 0.355. The van der Waals surface area contributed by atoms with Crippen LogP contribution in [0.4, 0.5) is 17.2 Å². The van der Waals surface area contributed by atoms with Crippen molar-refractivity contribution < 1.29 is 9.63 Å². The molecule has 8 rings (SSSR count). The number of piperidine rings is 3. The molecule has 11 heteroatoms. The van der Waals surface area contributed by atoms with Crippen molar-refractivity contribution in [2.75, 3.05) is 36.9 Å². The molecule has 1 atom stereocenters. The minimum Gasteiger partial charge on any atom is -0.394 e. The Labute approximate surface area is 242 Å². The molecule has 0 spiro atoms. The summed E-state index contributed by atoms with van der Waals surface area (Å²) in [5.41, 5.74) is 3.78. The Balaban J connectivity index is 1.24. The molecule has 4 N–H and O–H groups in total. The number of H-pyrrole nitrogens is 1. The van der Waals surface area contributed by atoms with Crippen molar-refractivity contribution in [1.82, 2.24) is 29.8 Å². The van der Waals surface area contributed by atoms with Crippen LogP contribution >= 0.6 is 0 Å². The molecule has 0 unspecified atom stereocenters. The lowest BCUT2D eigenvalue weighted by molar-refractivity contribution is 0.0747. The van der Waals surface area contributed by atoms with Crippen LogP contribution in [0, 0.1) is 0 Å². The van der Waals surface area contributed by atoms with Crippen molar-refractivity contribution in [3.8, 4) is 11.5 Å². The third-order valence-corrected chi connectivity index (χ3v) is 8.83. The van der Waals surface area contributed by atoms with E-state index in [4.69, 9.17) is 9.51 Å². The van der Waals surface area contributed by atoms with Crippen molar-refractivity contribution in [2.24, 2.45) is 0 Å². The molecule has 2 aromatic carbocycles. The van der Waals surface area contributed by atoms with Gasteiger partial charge in [-0.1, -0.05) is 35.5 Å². The first-order valence-corrected chi connectivity index (χ1v) is 14.5. The van der Waals surface area contributed by atoms with E-state index in [1.54, 1.807) is 6.20 Å². The predicted octanol–water partition coefficient (Wildman–Crippen LogP) is 4.42. The highest BCUT2D eigenvalue weighted by Gasteiger charge is 2.44.